The quantitative estimate of drug-likeness (QED) is 0.678. The van der Waals surface area contributed by atoms with Gasteiger partial charge in [-0.25, -0.2) is 4.90 Å². The molecule has 0 radical (unpaired) electrons. The molecule has 6 nitrogen and oxygen atoms in total. The summed E-state index contributed by atoms with van der Waals surface area (Å²) in [5, 5.41) is 0.576. The van der Waals surface area contributed by atoms with Crippen LogP contribution in [0.25, 0.3) is 5.57 Å². The Morgan fingerprint density at radius 1 is 0.968 bits per heavy atom. The maximum Gasteiger partial charge on any atom is 0.282 e. The average molecular weight is 440 g/mol. The minimum atomic E-state index is -0.329. The summed E-state index contributed by atoms with van der Waals surface area (Å²) in [5.41, 5.74) is 2.96. The van der Waals surface area contributed by atoms with E-state index in [0.717, 1.165) is 5.69 Å². The van der Waals surface area contributed by atoms with Crippen molar-refractivity contribution in [1.29, 1.82) is 0 Å². The summed E-state index contributed by atoms with van der Waals surface area (Å²) in [5.74, 6) is -0.641. The van der Waals surface area contributed by atoms with Crippen LogP contribution >= 0.6 is 11.6 Å². The molecule has 0 aromatic heterocycles. The lowest BCUT2D eigenvalue weighted by molar-refractivity contribution is -0.121. The van der Waals surface area contributed by atoms with Crippen molar-refractivity contribution in [3.8, 4) is 0 Å². The maximum absolute atomic E-state index is 13.7. The third-order valence-corrected chi connectivity index (χ3v) is 5.78. The van der Waals surface area contributed by atoms with Gasteiger partial charge in [-0.2, -0.15) is 0 Å². The smallest absolute Gasteiger partial charge is 0.282 e. The van der Waals surface area contributed by atoms with Gasteiger partial charge in [0.15, 0.2) is 0 Å². The summed E-state index contributed by atoms with van der Waals surface area (Å²) in [4.78, 5) is 32.5. The van der Waals surface area contributed by atoms with Crippen LogP contribution in [-0.4, -0.2) is 56.1 Å². The van der Waals surface area contributed by atoms with Gasteiger partial charge in [0, 0.05) is 37.9 Å². The molecule has 2 aromatic carbocycles. The number of hydrogen-bond donors (Lipinski definition) is 0. The summed E-state index contributed by atoms with van der Waals surface area (Å²) in [6, 6.07) is 14.5. The Bertz CT molecular complexity index is 1040. The van der Waals surface area contributed by atoms with Crippen LogP contribution < -0.4 is 9.80 Å². The number of nitrogens with zero attached hydrogens (tertiary/aromatic N) is 3. The summed E-state index contributed by atoms with van der Waals surface area (Å²) in [6.07, 6.45) is -0.0894. The SMILES string of the molecule is CC1CN(C2=C(c3ccc(Cl)cc3)C(=O)N(c3cccc(N(C)C)c3)C2=O)CC(C)O1. The lowest BCUT2D eigenvalue weighted by Gasteiger charge is -2.37. The van der Waals surface area contributed by atoms with Crippen LogP contribution in [0, 0.1) is 0 Å². The van der Waals surface area contributed by atoms with Gasteiger partial charge >= 0.3 is 0 Å². The first kappa shape index (κ1) is 21.4. The number of rotatable bonds is 4. The van der Waals surface area contributed by atoms with Gasteiger partial charge in [0.25, 0.3) is 11.8 Å². The molecule has 0 N–H and O–H groups in total. The van der Waals surface area contributed by atoms with Crippen LogP contribution in [-0.2, 0) is 14.3 Å². The zero-order valence-electron chi connectivity index (χ0n) is 18.1. The molecular formula is C24H26ClN3O3. The molecule has 2 aliphatic rings. The summed E-state index contributed by atoms with van der Waals surface area (Å²) in [7, 11) is 3.85. The van der Waals surface area contributed by atoms with E-state index in [2.05, 4.69) is 0 Å². The van der Waals surface area contributed by atoms with Crippen LogP contribution in [0.1, 0.15) is 19.4 Å². The molecule has 162 valence electrons. The van der Waals surface area contributed by atoms with Crippen molar-refractivity contribution >= 4 is 40.4 Å². The lowest BCUT2D eigenvalue weighted by Crippen LogP contribution is -2.47. The van der Waals surface area contributed by atoms with Gasteiger partial charge in [0.1, 0.15) is 5.70 Å². The van der Waals surface area contributed by atoms with Crippen molar-refractivity contribution in [1.82, 2.24) is 4.90 Å². The van der Waals surface area contributed by atoms with E-state index in [1.165, 1.54) is 4.90 Å². The van der Waals surface area contributed by atoms with E-state index in [1.54, 1.807) is 30.3 Å². The van der Waals surface area contributed by atoms with Crippen LogP contribution in [0.4, 0.5) is 11.4 Å². The number of hydrogen-bond acceptors (Lipinski definition) is 5. The lowest BCUT2D eigenvalue weighted by atomic mass is 10.0. The van der Waals surface area contributed by atoms with Gasteiger partial charge < -0.3 is 14.5 Å². The number of carbonyl (C=O) groups is 2. The largest absolute Gasteiger partial charge is 0.378 e. The highest BCUT2D eigenvalue weighted by Gasteiger charge is 2.44. The first-order valence-corrected chi connectivity index (χ1v) is 10.7. The Kier molecular flexibility index (Phi) is 5.77. The fourth-order valence-electron chi connectivity index (χ4n) is 4.19. The predicted molar refractivity (Wildman–Crippen MR) is 123 cm³/mol. The van der Waals surface area contributed by atoms with Gasteiger partial charge in [-0.15, -0.1) is 0 Å². The predicted octanol–water partition coefficient (Wildman–Crippen LogP) is 3.80. The van der Waals surface area contributed by atoms with Crippen molar-refractivity contribution in [3.05, 3.63) is 64.8 Å². The monoisotopic (exact) mass is 439 g/mol. The van der Waals surface area contributed by atoms with Gasteiger partial charge in [-0.3, -0.25) is 9.59 Å². The number of carbonyl (C=O) groups excluding carboxylic acids is 2. The zero-order chi connectivity index (χ0) is 22.3. The molecule has 2 unspecified atom stereocenters. The van der Waals surface area contributed by atoms with Crippen molar-refractivity contribution in [3.63, 3.8) is 0 Å². The molecule has 0 saturated carbocycles. The standard InChI is InChI=1S/C24H26ClN3O3/c1-15-13-27(14-16(2)31-15)22-21(17-8-10-18(25)11-9-17)23(29)28(24(22)30)20-7-5-6-19(12-20)26(3)4/h5-12,15-16H,13-14H2,1-4H3. The molecule has 0 spiro atoms. The van der Waals surface area contributed by atoms with Crippen molar-refractivity contribution in [2.24, 2.45) is 0 Å². The number of amides is 2. The molecule has 31 heavy (non-hydrogen) atoms. The van der Waals surface area contributed by atoms with Gasteiger partial charge in [-0.05, 0) is 49.7 Å². The highest BCUT2D eigenvalue weighted by Crippen LogP contribution is 2.37. The molecule has 2 atom stereocenters. The van der Waals surface area contributed by atoms with Crippen molar-refractivity contribution < 1.29 is 14.3 Å². The Morgan fingerprint density at radius 2 is 1.61 bits per heavy atom. The molecule has 1 fully saturated rings. The van der Waals surface area contributed by atoms with E-state index in [0.29, 0.717) is 40.6 Å². The Hall–Kier alpha value is -2.83. The van der Waals surface area contributed by atoms with E-state index in [4.69, 9.17) is 16.3 Å². The molecule has 2 amide bonds. The fraction of sp³-hybridized carbons (Fsp3) is 0.333. The molecule has 7 heteroatoms. The van der Waals surface area contributed by atoms with E-state index in [9.17, 15) is 9.59 Å². The summed E-state index contributed by atoms with van der Waals surface area (Å²) in [6.45, 7) is 5.04. The Morgan fingerprint density at radius 3 is 2.23 bits per heavy atom. The second-order valence-corrected chi connectivity index (χ2v) is 8.69. The van der Waals surface area contributed by atoms with E-state index >= 15 is 0 Å². The minimum absolute atomic E-state index is 0.0447. The number of ether oxygens (including phenoxy) is 1. The maximum atomic E-state index is 13.7. The Balaban J connectivity index is 1.82. The number of halogens is 1. The van der Waals surface area contributed by atoms with Gasteiger partial charge in [0.05, 0.1) is 23.5 Å². The first-order valence-electron chi connectivity index (χ1n) is 10.3. The number of anilines is 2. The number of benzene rings is 2. The molecule has 0 aliphatic carbocycles. The third-order valence-electron chi connectivity index (χ3n) is 5.53. The fourth-order valence-corrected chi connectivity index (χ4v) is 4.32. The summed E-state index contributed by atoms with van der Waals surface area (Å²) >= 11 is 6.07. The Labute approximate surface area is 187 Å². The molecule has 2 aliphatic heterocycles. The summed E-state index contributed by atoms with van der Waals surface area (Å²) < 4.78 is 5.85. The van der Waals surface area contributed by atoms with Crippen molar-refractivity contribution in [2.45, 2.75) is 26.1 Å². The van der Waals surface area contributed by atoms with Gasteiger partial charge in [0.2, 0.25) is 0 Å². The molecule has 2 heterocycles. The van der Waals surface area contributed by atoms with Gasteiger partial charge in [-0.1, -0.05) is 29.8 Å². The second kappa shape index (κ2) is 8.36. The molecular weight excluding hydrogens is 414 g/mol. The van der Waals surface area contributed by atoms with Crippen LogP contribution in [0.2, 0.25) is 5.02 Å². The van der Waals surface area contributed by atoms with Crippen LogP contribution in [0.15, 0.2) is 54.2 Å². The highest BCUT2D eigenvalue weighted by molar-refractivity contribution is 6.45. The first-order chi connectivity index (χ1) is 14.8. The number of imide groups is 1. The third kappa shape index (κ3) is 4.05. The normalized spacial score (nSPS) is 21.8. The number of morpholine rings is 1. The zero-order valence-corrected chi connectivity index (χ0v) is 18.9. The van der Waals surface area contributed by atoms with Crippen molar-refractivity contribution in [2.75, 3.05) is 37.0 Å². The molecule has 4 rings (SSSR count). The van der Waals surface area contributed by atoms with Crippen LogP contribution in [0.3, 0.4) is 0 Å². The topological polar surface area (TPSA) is 53.1 Å². The second-order valence-electron chi connectivity index (χ2n) is 8.25. The van der Waals surface area contributed by atoms with E-state index in [-0.39, 0.29) is 24.0 Å². The molecule has 2 aromatic rings. The van der Waals surface area contributed by atoms with Crippen LogP contribution in [0.5, 0.6) is 0 Å². The highest BCUT2D eigenvalue weighted by atomic mass is 35.5. The van der Waals surface area contributed by atoms with E-state index < -0.39 is 0 Å². The molecule has 1 saturated heterocycles. The average Bonchev–Trinajstić information content (AvgIpc) is 2.98. The minimum Gasteiger partial charge on any atom is -0.378 e. The molecule has 0 bridgehead atoms. The van der Waals surface area contributed by atoms with E-state index in [1.807, 2.05) is 55.9 Å².